The van der Waals surface area contributed by atoms with Gasteiger partial charge in [-0.2, -0.15) is 5.10 Å². The molecule has 0 saturated carbocycles. The van der Waals surface area contributed by atoms with Gasteiger partial charge in [0.25, 0.3) is 0 Å². The lowest BCUT2D eigenvalue weighted by molar-refractivity contribution is 0.0940. The summed E-state index contributed by atoms with van der Waals surface area (Å²) in [7, 11) is 0. The van der Waals surface area contributed by atoms with Crippen LogP contribution in [0.5, 0.6) is 0 Å². The van der Waals surface area contributed by atoms with E-state index in [4.69, 9.17) is 4.74 Å². The highest BCUT2D eigenvalue weighted by Gasteiger charge is 2.16. The third kappa shape index (κ3) is 2.75. The summed E-state index contributed by atoms with van der Waals surface area (Å²) in [4.78, 5) is 0. The molecule has 3 nitrogen and oxygen atoms in total. The molecule has 94 valence electrons. The third-order valence-electron chi connectivity index (χ3n) is 3.23. The Morgan fingerprint density at radius 1 is 1.28 bits per heavy atom. The van der Waals surface area contributed by atoms with Crippen molar-refractivity contribution in [1.82, 2.24) is 9.78 Å². The maximum atomic E-state index is 5.63. The zero-order chi connectivity index (χ0) is 12.4. The molecule has 0 N–H and O–H groups in total. The minimum Gasteiger partial charge on any atom is -0.376 e. The summed E-state index contributed by atoms with van der Waals surface area (Å²) < 4.78 is 8.87. The second-order valence-electron chi connectivity index (χ2n) is 4.59. The Morgan fingerprint density at radius 3 is 2.83 bits per heavy atom. The molecule has 1 unspecified atom stereocenters. The highest BCUT2D eigenvalue weighted by Crippen LogP contribution is 2.21. The standard InChI is InChI=1S/C14H15IN2O/c15-13-5-3-11(4-6-13)12-8-16-17(9-12)10-14-2-1-7-18-14/h3-6,8-9,14H,1-2,7,10H2. The third-order valence-corrected chi connectivity index (χ3v) is 3.94. The highest BCUT2D eigenvalue weighted by atomic mass is 127. The van der Waals surface area contributed by atoms with Crippen molar-refractivity contribution < 1.29 is 4.74 Å². The Morgan fingerprint density at radius 2 is 2.11 bits per heavy atom. The van der Waals surface area contributed by atoms with Crippen molar-refractivity contribution in [3.63, 3.8) is 0 Å². The topological polar surface area (TPSA) is 27.1 Å². The average molecular weight is 354 g/mol. The fourth-order valence-electron chi connectivity index (χ4n) is 2.25. The first kappa shape index (κ1) is 12.2. The number of nitrogens with zero attached hydrogens (tertiary/aromatic N) is 2. The van der Waals surface area contributed by atoms with E-state index in [1.165, 1.54) is 21.1 Å². The molecule has 1 aliphatic heterocycles. The second kappa shape index (κ2) is 5.40. The molecule has 2 aromatic rings. The smallest absolute Gasteiger partial charge is 0.0771 e. The number of halogens is 1. The van der Waals surface area contributed by atoms with Crippen molar-refractivity contribution in [2.24, 2.45) is 0 Å². The van der Waals surface area contributed by atoms with Gasteiger partial charge >= 0.3 is 0 Å². The number of aromatic nitrogens is 2. The van der Waals surface area contributed by atoms with Gasteiger partial charge in [-0.15, -0.1) is 0 Å². The van der Waals surface area contributed by atoms with Crippen LogP contribution in [0.3, 0.4) is 0 Å². The highest BCUT2D eigenvalue weighted by molar-refractivity contribution is 14.1. The normalized spacial score (nSPS) is 19.3. The van der Waals surface area contributed by atoms with Crippen molar-refractivity contribution >= 4 is 22.6 Å². The zero-order valence-electron chi connectivity index (χ0n) is 10.1. The molecule has 0 spiro atoms. The monoisotopic (exact) mass is 354 g/mol. The van der Waals surface area contributed by atoms with Crippen LogP contribution < -0.4 is 0 Å². The van der Waals surface area contributed by atoms with Crippen LogP contribution in [0.2, 0.25) is 0 Å². The van der Waals surface area contributed by atoms with Crippen LogP contribution in [0.25, 0.3) is 11.1 Å². The molecule has 2 heterocycles. The summed E-state index contributed by atoms with van der Waals surface area (Å²) in [6, 6.07) is 8.50. The first-order chi connectivity index (χ1) is 8.81. The summed E-state index contributed by atoms with van der Waals surface area (Å²) >= 11 is 2.32. The van der Waals surface area contributed by atoms with Crippen LogP contribution in [-0.2, 0) is 11.3 Å². The van der Waals surface area contributed by atoms with E-state index in [9.17, 15) is 0 Å². The molecule has 0 aliphatic carbocycles. The van der Waals surface area contributed by atoms with Gasteiger partial charge in [0.2, 0.25) is 0 Å². The van der Waals surface area contributed by atoms with Crippen molar-refractivity contribution in [3.05, 3.63) is 40.2 Å². The molecule has 1 atom stereocenters. The molecule has 1 aliphatic rings. The van der Waals surface area contributed by atoms with Crippen LogP contribution in [0.1, 0.15) is 12.8 Å². The van der Waals surface area contributed by atoms with E-state index in [1.807, 2.05) is 10.9 Å². The Labute approximate surface area is 120 Å². The minimum absolute atomic E-state index is 0.342. The van der Waals surface area contributed by atoms with E-state index in [0.717, 1.165) is 19.6 Å². The maximum Gasteiger partial charge on any atom is 0.0771 e. The summed E-state index contributed by atoms with van der Waals surface area (Å²) in [6.45, 7) is 1.76. The van der Waals surface area contributed by atoms with Gasteiger partial charge in [-0.25, -0.2) is 0 Å². The number of hydrogen-bond donors (Lipinski definition) is 0. The van der Waals surface area contributed by atoms with E-state index in [2.05, 4.69) is 58.2 Å². The lowest BCUT2D eigenvalue weighted by atomic mass is 10.1. The Hall–Kier alpha value is -0.880. The van der Waals surface area contributed by atoms with Gasteiger partial charge in [0.05, 0.1) is 18.8 Å². The van der Waals surface area contributed by atoms with Gasteiger partial charge in [0.15, 0.2) is 0 Å². The number of rotatable bonds is 3. The largest absolute Gasteiger partial charge is 0.376 e. The fourth-order valence-corrected chi connectivity index (χ4v) is 2.61. The molecular weight excluding hydrogens is 339 g/mol. The zero-order valence-corrected chi connectivity index (χ0v) is 12.2. The van der Waals surface area contributed by atoms with Gasteiger partial charge in [0.1, 0.15) is 0 Å². The number of ether oxygens (including phenoxy) is 1. The first-order valence-corrected chi connectivity index (χ1v) is 7.29. The molecule has 1 fully saturated rings. The number of hydrogen-bond acceptors (Lipinski definition) is 2. The summed E-state index contributed by atoms with van der Waals surface area (Å²) in [5, 5.41) is 4.41. The lowest BCUT2D eigenvalue weighted by Gasteiger charge is -2.08. The summed E-state index contributed by atoms with van der Waals surface area (Å²) in [6.07, 6.45) is 6.70. The van der Waals surface area contributed by atoms with Crippen LogP contribution in [0.4, 0.5) is 0 Å². The van der Waals surface area contributed by atoms with Crippen molar-refractivity contribution in [3.8, 4) is 11.1 Å². The van der Waals surface area contributed by atoms with Gasteiger partial charge < -0.3 is 4.74 Å². The summed E-state index contributed by atoms with van der Waals surface area (Å²) in [5.41, 5.74) is 2.39. The van der Waals surface area contributed by atoms with Crippen LogP contribution in [0.15, 0.2) is 36.7 Å². The molecule has 0 amide bonds. The Bertz CT molecular complexity index is 515. The van der Waals surface area contributed by atoms with E-state index < -0.39 is 0 Å². The predicted molar refractivity (Wildman–Crippen MR) is 79.4 cm³/mol. The lowest BCUT2D eigenvalue weighted by Crippen LogP contribution is -2.14. The van der Waals surface area contributed by atoms with E-state index in [-0.39, 0.29) is 0 Å². The van der Waals surface area contributed by atoms with Gasteiger partial charge in [-0.05, 0) is 53.1 Å². The average Bonchev–Trinajstić information content (AvgIpc) is 3.02. The van der Waals surface area contributed by atoms with Gasteiger partial charge in [0, 0.05) is 21.9 Å². The van der Waals surface area contributed by atoms with Crippen LogP contribution in [0, 0.1) is 3.57 Å². The first-order valence-electron chi connectivity index (χ1n) is 6.21. The molecule has 0 radical (unpaired) electrons. The van der Waals surface area contributed by atoms with Crippen molar-refractivity contribution in [1.29, 1.82) is 0 Å². The fraction of sp³-hybridized carbons (Fsp3) is 0.357. The van der Waals surface area contributed by atoms with Crippen molar-refractivity contribution in [2.45, 2.75) is 25.5 Å². The molecule has 4 heteroatoms. The molecule has 1 saturated heterocycles. The number of benzene rings is 1. The van der Waals surface area contributed by atoms with Crippen LogP contribution >= 0.6 is 22.6 Å². The SMILES string of the molecule is Ic1ccc(-c2cnn(CC3CCCO3)c2)cc1. The summed E-state index contributed by atoms with van der Waals surface area (Å²) in [5.74, 6) is 0. The minimum atomic E-state index is 0.342. The quantitative estimate of drug-likeness (QED) is 0.791. The molecule has 1 aromatic heterocycles. The Kier molecular flexibility index (Phi) is 3.65. The van der Waals surface area contributed by atoms with Gasteiger partial charge in [-0.1, -0.05) is 12.1 Å². The Balaban J connectivity index is 1.74. The maximum absolute atomic E-state index is 5.63. The van der Waals surface area contributed by atoms with Gasteiger partial charge in [-0.3, -0.25) is 4.68 Å². The molecule has 0 bridgehead atoms. The molecule has 3 rings (SSSR count). The molecule has 1 aromatic carbocycles. The second-order valence-corrected chi connectivity index (χ2v) is 5.84. The van der Waals surface area contributed by atoms with E-state index >= 15 is 0 Å². The molecular formula is C14H15IN2O. The van der Waals surface area contributed by atoms with E-state index in [0.29, 0.717) is 6.10 Å². The van der Waals surface area contributed by atoms with Crippen molar-refractivity contribution in [2.75, 3.05) is 6.61 Å². The van der Waals surface area contributed by atoms with E-state index in [1.54, 1.807) is 0 Å². The predicted octanol–water partition coefficient (Wildman–Crippen LogP) is 3.33. The molecule has 18 heavy (non-hydrogen) atoms. The van der Waals surface area contributed by atoms with Crippen LogP contribution in [-0.4, -0.2) is 22.5 Å².